The number of carboxylic acids is 1. The molecule has 1 amide bonds. The van der Waals surface area contributed by atoms with Gasteiger partial charge in [-0.1, -0.05) is 120 Å². The highest BCUT2D eigenvalue weighted by molar-refractivity contribution is 6.06. The van der Waals surface area contributed by atoms with Crippen LogP contribution in [0.15, 0.2) is 124 Å². The van der Waals surface area contributed by atoms with Gasteiger partial charge in [-0.2, -0.15) is 0 Å². The van der Waals surface area contributed by atoms with E-state index in [1.807, 2.05) is 54.6 Å². The van der Waals surface area contributed by atoms with Crippen molar-refractivity contribution in [2.24, 2.45) is 0 Å². The number of amides is 1. The van der Waals surface area contributed by atoms with E-state index >= 15 is 0 Å². The van der Waals surface area contributed by atoms with Crippen LogP contribution in [0.2, 0.25) is 0 Å². The number of anilines is 1. The molecule has 12 nitrogen and oxygen atoms in total. The fourth-order valence-corrected chi connectivity index (χ4v) is 7.33. The minimum atomic E-state index is -1.09. The number of aromatic nitrogens is 3. The fourth-order valence-electron chi connectivity index (χ4n) is 7.33. The predicted molar refractivity (Wildman–Crippen MR) is 279 cm³/mol. The van der Waals surface area contributed by atoms with E-state index in [2.05, 4.69) is 140 Å². The van der Waals surface area contributed by atoms with Crippen LogP contribution in [0, 0.1) is 0 Å². The molecule has 0 fully saturated rings. The van der Waals surface area contributed by atoms with Crippen LogP contribution in [0.1, 0.15) is 132 Å². The Morgan fingerprint density at radius 3 is 1.34 bits per heavy atom. The molecule has 12 heteroatoms. The summed E-state index contributed by atoms with van der Waals surface area (Å²) in [6.07, 6.45) is 4.12. The topological polar surface area (TPSA) is 197 Å². The highest BCUT2D eigenvalue weighted by atomic mass is 16.4. The maximum atomic E-state index is 11.9. The van der Waals surface area contributed by atoms with Gasteiger partial charge >= 0.3 is 5.97 Å². The average molecular weight is 920 g/mol. The molecule has 356 valence electrons. The van der Waals surface area contributed by atoms with Crippen molar-refractivity contribution in [3.63, 3.8) is 0 Å². The number of carbonyl (C=O) groups excluding carboxylic acids is 1. The van der Waals surface area contributed by atoms with Crippen LogP contribution in [0.3, 0.4) is 0 Å². The zero-order chi connectivity index (χ0) is 50.7. The second-order valence-electron chi connectivity index (χ2n) is 21.1. The minimum Gasteiger partial charge on any atom is -0.507 e. The summed E-state index contributed by atoms with van der Waals surface area (Å²) in [5.74, 6) is -1.30. The number of rotatable bonds is 2. The molecule has 4 aromatic carbocycles. The Kier molecular flexibility index (Phi) is 15.0. The van der Waals surface area contributed by atoms with Gasteiger partial charge in [-0.15, -0.1) is 0 Å². The van der Waals surface area contributed by atoms with Crippen LogP contribution in [-0.4, -0.2) is 44.1 Å². The molecule has 8 rings (SSSR count). The van der Waals surface area contributed by atoms with Crippen molar-refractivity contribution in [1.82, 2.24) is 20.3 Å². The van der Waals surface area contributed by atoms with Crippen LogP contribution in [-0.2, 0) is 21.7 Å². The highest BCUT2D eigenvalue weighted by Gasteiger charge is 2.20. The van der Waals surface area contributed by atoms with Crippen molar-refractivity contribution in [1.29, 1.82) is 0 Å². The summed E-state index contributed by atoms with van der Waals surface area (Å²) in [4.78, 5) is 65.3. The number of nitrogens with one attached hydrogen (secondary N) is 5. The lowest BCUT2D eigenvalue weighted by molar-refractivity contribution is 0.0698. The van der Waals surface area contributed by atoms with Gasteiger partial charge in [-0.25, -0.2) is 4.79 Å². The molecule has 1 aliphatic heterocycles. The van der Waals surface area contributed by atoms with E-state index < -0.39 is 11.5 Å². The molecule has 0 radical (unpaired) electrons. The number of aromatic hydroxyl groups is 1. The Labute approximate surface area is 397 Å². The first kappa shape index (κ1) is 51.5. The Hall–Kier alpha value is -7.47. The van der Waals surface area contributed by atoms with Gasteiger partial charge in [0.05, 0.1) is 16.6 Å². The normalized spacial score (nSPS) is 12.4. The first-order chi connectivity index (χ1) is 31.5. The number of hydrogen-bond donors (Lipinski definition) is 7. The zero-order valence-electron chi connectivity index (χ0n) is 41.5. The molecule has 7 N–H and O–H groups in total. The number of aromatic amines is 3. The standard InChI is InChI=1S/C15H18N2O2.C14H15NO3.C14H17N.C13H15NO2/c1-15(2,3)9-5-6-12-10(7-9)11(14(19)16-4)8-13(18)17-12;1-14(2,3)8-4-5-11-9(6-8)10(13(17)18)7-12(16)15-11;1-10-5-6-11-9-12(14(2,3)4)7-8-13(11)15-10;1-13(2,3)8-4-5-10-9(6-8)11(15)7-12(16)14-10/h5-8H,1-4H3,(H,16,19)(H,17,18);4-7H,1-3H3,(H,15,16)(H,17,18);5-9,15H,1H2,2-4H3;4-7H,1-3H3,(H2,14,15,16). The fraction of sp³-hybridized carbons (Fsp3) is 0.304. The van der Waals surface area contributed by atoms with Crippen LogP contribution in [0.5, 0.6) is 5.75 Å². The number of fused-ring (bicyclic) bond motifs is 4. The third-order valence-corrected chi connectivity index (χ3v) is 11.5. The Balaban J connectivity index is 0.000000170. The Morgan fingerprint density at radius 2 is 0.897 bits per heavy atom. The van der Waals surface area contributed by atoms with E-state index in [0.717, 1.165) is 39.5 Å². The molecular weight excluding hydrogens is 855 g/mol. The molecule has 0 bridgehead atoms. The maximum absolute atomic E-state index is 11.9. The number of carbonyl (C=O) groups is 2. The number of pyridine rings is 3. The van der Waals surface area contributed by atoms with Crippen LogP contribution >= 0.6 is 0 Å². The lowest BCUT2D eigenvalue weighted by Crippen LogP contribution is -2.21. The molecule has 0 saturated heterocycles. The molecule has 0 aliphatic carbocycles. The highest BCUT2D eigenvalue weighted by Crippen LogP contribution is 2.32. The van der Waals surface area contributed by atoms with Crippen molar-refractivity contribution in [2.75, 3.05) is 12.4 Å². The van der Waals surface area contributed by atoms with E-state index in [4.69, 9.17) is 5.11 Å². The van der Waals surface area contributed by atoms with Crippen molar-refractivity contribution in [2.45, 2.75) is 105 Å². The van der Waals surface area contributed by atoms with Gasteiger partial charge < -0.3 is 35.8 Å². The Bertz CT molecular complexity index is 3270. The molecule has 68 heavy (non-hydrogen) atoms. The smallest absolute Gasteiger partial charge is 0.336 e. The van der Waals surface area contributed by atoms with Gasteiger partial charge in [-0.3, -0.25) is 19.2 Å². The number of H-pyrrole nitrogens is 3. The molecule has 3 aromatic heterocycles. The van der Waals surface area contributed by atoms with Crippen molar-refractivity contribution < 1.29 is 19.8 Å². The lowest BCUT2D eigenvalue weighted by atomic mass is 9.85. The van der Waals surface area contributed by atoms with E-state index in [0.29, 0.717) is 32.9 Å². The van der Waals surface area contributed by atoms with Crippen LogP contribution in [0.4, 0.5) is 5.69 Å². The van der Waals surface area contributed by atoms with E-state index in [1.165, 1.54) is 23.3 Å². The quantitative estimate of drug-likeness (QED) is 0.0889. The van der Waals surface area contributed by atoms with E-state index in [1.54, 1.807) is 13.1 Å². The van der Waals surface area contributed by atoms with Crippen molar-refractivity contribution in [3.05, 3.63) is 179 Å². The Morgan fingerprint density at radius 1 is 0.515 bits per heavy atom. The van der Waals surface area contributed by atoms with Crippen molar-refractivity contribution >= 4 is 56.3 Å². The monoisotopic (exact) mass is 919 g/mol. The number of carboxylic acid groups (broad SMARTS) is 1. The van der Waals surface area contributed by atoms with Crippen molar-refractivity contribution in [3.8, 4) is 5.75 Å². The SMILES string of the molecule is C=C1C=Cc2cc(C(C)(C)C)ccc2N1.CC(C)(C)c1ccc2[nH]c(=O)cc(C(=O)O)c2c1.CC(C)(C)c1ccc2[nH]c(=O)cc(O)c2c1.CNC(=O)c1cc(=O)[nH]c2ccc(C(C)(C)C)cc12. The van der Waals surface area contributed by atoms with Gasteiger partial charge in [0.15, 0.2) is 0 Å². The maximum Gasteiger partial charge on any atom is 0.336 e. The second-order valence-corrected chi connectivity index (χ2v) is 21.1. The second kappa shape index (κ2) is 19.8. The summed E-state index contributed by atoms with van der Waals surface area (Å²) in [7, 11) is 1.56. The van der Waals surface area contributed by atoms with Crippen LogP contribution in [0.25, 0.3) is 38.8 Å². The molecule has 0 saturated carbocycles. The summed E-state index contributed by atoms with van der Waals surface area (Å²) in [5, 5.41) is 26.7. The molecular formula is C56H65N5O7. The summed E-state index contributed by atoms with van der Waals surface area (Å²) >= 11 is 0. The minimum absolute atomic E-state index is 0.00964. The predicted octanol–water partition coefficient (Wildman–Crippen LogP) is 11.2. The van der Waals surface area contributed by atoms with Gasteiger partial charge in [0, 0.05) is 63.8 Å². The summed E-state index contributed by atoms with van der Waals surface area (Å²) in [6, 6.07) is 27.2. The van der Waals surface area contributed by atoms with E-state index in [-0.39, 0.29) is 50.0 Å². The summed E-state index contributed by atoms with van der Waals surface area (Å²) in [6.45, 7) is 29.4. The summed E-state index contributed by atoms with van der Waals surface area (Å²) in [5.41, 5.74) is 9.53. The summed E-state index contributed by atoms with van der Waals surface area (Å²) < 4.78 is 0. The first-order valence-electron chi connectivity index (χ1n) is 22.4. The number of allylic oxidation sites excluding steroid dienone is 1. The largest absolute Gasteiger partial charge is 0.507 e. The third-order valence-electron chi connectivity index (χ3n) is 11.5. The van der Waals surface area contributed by atoms with Gasteiger partial charge in [0.1, 0.15) is 5.75 Å². The number of benzene rings is 4. The third kappa shape index (κ3) is 12.7. The van der Waals surface area contributed by atoms with Gasteiger partial charge in [0.25, 0.3) is 11.5 Å². The molecule has 1 aliphatic rings. The van der Waals surface area contributed by atoms with E-state index in [9.17, 15) is 29.1 Å². The van der Waals surface area contributed by atoms with Gasteiger partial charge in [-0.05, 0) is 104 Å². The molecule has 0 unspecified atom stereocenters. The molecule has 0 spiro atoms. The molecule has 0 atom stereocenters. The average Bonchev–Trinajstić information content (AvgIpc) is 3.24. The lowest BCUT2D eigenvalue weighted by Gasteiger charge is -2.22. The number of hydrogen-bond acceptors (Lipinski definition) is 7. The molecule has 7 aromatic rings. The van der Waals surface area contributed by atoms with Gasteiger partial charge in [0.2, 0.25) is 11.1 Å². The van der Waals surface area contributed by atoms with Crippen LogP contribution < -0.4 is 27.3 Å². The molecule has 4 heterocycles. The number of aromatic carboxylic acids is 1. The first-order valence-corrected chi connectivity index (χ1v) is 22.4. The zero-order valence-corrected chi connectivity index (χ0v) is 41.5.